The van der Waals surface area contributed by atoms with E-state index in [-0.39, 0.29) is 11.3 Å². The second kappa shape index (κ2) is 6.93. The molecule has 1 amide bonds. The van der Waals surface area contributed by atoms with Crippen molar-refractivity contribution in [2.45, 2.75) is 12.8 Å². The van der Waals surface area contributed by atoms with Crippen molar-refractivity contribution in [3.8, 4) is 0 Å². The lowest BCUT2D eigenvalue weighted by atomic mass is 9.81. The molecule has 100 valence electrons. The minimum absolute atomic E-state index is 0.0645. The maximum absolute atomic E-state index is 11.6. The number of likely N-dealkylation sites (N-methyl/N-ethyl adjacent to an activating group) is 1. The molecule has 0 bridgehead atoms. The zero-order chi connectivity index (χ0) is 12.7. The number of nitrogens with zero attached hydrogens (tertiary/aromatic N) is 1. The molecule has 0 spiro atoms. The van der Waals surface area contributed by atoms with E-state index in [0.717, 1.165) is 25.9 Å². The Balaban J connectivity index is 2.41. The highest BCUT2D eigenvalue weighted by atomic mass is 16.5. The first-order valence-electron chi connectivity index (χ1n) is 6.19. The molecule has 1 saturated heterocycles. The standard InChI is InChI=1S/C12H25N3O2/c1-15(2)7-11(16)14-9-12(10-17-3)5-4-6-13-8-12/h13H,4-10H2,1-3H3,(H,14,16). The van der Waals surface area contributed by atoms with Crippen molar-refractivity contribution >= 4 is 5.91 Å². The van der Waals surface area contributed by atoms with Gasteiger partial charge in [0, 0.05) is 25.6 Å². The first-order chi connectivity index (χ1) is 8.08. The summed E-state index contributed by atoms with van der Waals surface area (Å²) in [6.45, 7) is 3.82. The zero-order valence-corrected chi connectivity index (χ0v) is 11.2. The number of hydrogen-bond acceptors (Lipinski definition) is 4. The van der Waals surface area contributed by atoms with Gasteiger partial charge in [0.1, 0.15) is 0 Å². The fourth-order valence-corrected chi connectivity index (χ4v) is 2.29. The first-order valence-corrected chi connectivity index (χ1v) is 6.19. The van der Waals surface area contributed by atoms with Gasteiger partial charge in [-0.15, -0.1) is 0 Å². The lowest BCUT2D eigenvalue weighted by Gasteiger charge is -2.37. The topological polar surface area (TPSA) is 53.6 Å². The van der Waals surface area contributed by atoms with Crippen LogP contribution in [0.4, 0.5) is 0 Å². The molecule has 1 aliphatic heterocycles. The third kappa shape index (κ3) is 5.02. The number of amides is 1. The summed E-state index contributed by atoms with van der Waals surface area (Å²) in [5.74, 6) is 0.0797. The van der Waals surface area contributed by atoms with Crippen LogP contribution in [0.25, 0.3) is 0 Å². The van der Waals surface area contributed by atoms with E-state index < -0.39 is 0 Å². The molecular weight excluding hydrogens is 218 g/mol. The van der Waals surface area contributed by atoms with Crippen molar-refractivity contribution in [2.24, 2.45) is 5.41 Å². The maximum atomic E-state index is 11.6. The van der Waals surface area contributed by atoms with Gasteiger partial charge in [0.2, 0.25) is 5.91 Å². The average Bonchev–Trinajstić information content (AvgIpc) is 2.27. The number of rotatable bonds is 6. The summed E-state index contributed by atoms with van der Waals surface area (Å²) in [7, 11) is 5.51. The normalized spacial score (nSPS) is 24.9. The van der Waals surface area contributed by atoms with E-state index in [4.69, 9.17) is 4.74 Å². The molecule has 0 aliphatic carbocycles. The molecule has 1 fully saturated rings. The van der Waals surface area contributed by atoms with Gasteiger partial charge in [-0.05, 0) is 33.5 Å². The van der Waals surface area contributed by atoms with Crippen LogP contribution in [-0.4, -0.2) is 64.8 Å². The molecule has 1 heterocycles. The summed E-state index contributed by atoms with van der Waals surface area (Å²) in [6, 6.07) is 0. The molecule has 0 aromatic carbocycles. The number of ether oxygens (including phenoxy) is 1. The Morgan fingerprint density at radius 2 is 2.29 bits per heavy atom. The Morgan fingerprint density at radius 1 is 1.53 bits per heavy atom. The third-order valence-corrected chi connectivity index (χ3v) is 3.13. The fraction of sp³-hybridized carbons (Fsp3) is 0.917. The molecule has 0 aromatic heterocycles. The molecule has 0 saturated carbocycles. The van der Waals surface area contributed by atoms with Gasteiger partial charge in [0.25, 0.3) is 0 Å². The van der Waals surface area contributed by atoms with Gasteiger partial charge in [0.05, 0.1) is 13.2 Å². The predicted octanol–water partition coefficient (Wildman–Crippen LogP) is -0.320. The van der Waals surface area contributed by atoms with E-state index >= 15 is 0 Å². The van der Waals surface area contributed by atoms with Crippen LogP contribution in [0.1, 0.15) is 12.8 Å². The summed E-state index contributed by atoms with van der Waals surface area (Å²) in [5.41, 5.74) is 0.0645. The molecule has 5 heteroatoms. The molecule has 1 rings (SSSR count). The van der Waals surface area contributed by atoms with E-state index in [0.29, 0.717) is 19.7 Å². The number of nitrogens with one attached hydrogen (secondary N) is 2. The Bertz CT molecular complexity index is 232. The second-order valence-electron chi connectivity index (χ2n) is 5.23. The highest BCUT2D eigenvalue weighted by molar-refractivity contribution is 5.77. The number of hydrogen-bond donors (Lipinski definition) is 2. The molecule has 5 nitrogen and oxygen atoms in total. The lowest BCUT2D eigenvalue weighted by Crippen LogP contribution is -2.51. The summed E-state index contributed by atoms with van der Waals surface area (Å²) in [6.07, 6.45) is 2.25. The molecule has 0 radical (unpaired) electrons. The molecule has 1 atom stereocenters. The van der Waals surface area contributed by atoms with Crippen LogP contribution in [0, 0.1) is 5.41 Å². The molecule has 0 aromatic rings. The molecule has 2 N–H and O–H groups in total. The van der Waals surface area contributed by atoms with Crippen molar-refractivity contribution < 1.29 is 9.53 Å². The van der Waals surface area contributed by atoms with Gasteiger partial charge in [-0.1, -0.05) is 0 Å². The van der Waals surface area contributed by atoms with Gasteiger partial charge in [-0.2, -0.15) is 0 Å². The third-order valence-electron chi connectivity index (χ3n) is 3.13. The van der Waals surface area contributed by atoms with E-state index in [2.05, 4.69) is 10.6 Å². The predicted molar refractivity (Wildman–Crippen MR) is 68.0 cm³/mol. The Morgan fingerprint density at radius 3 is 2.82 bits per heavy atom. The maximum Gasteiger partial charge on any atom is 0.234 e. The minimum atomic E-state index is 0.0645. The van der Waals surface area contributed by atoms with Crippen LogP contribution in [0.15, 0.2) is 0 Å². The van der Waals surface area contributed by atoms with Crippen LogP contribution < -0.4 is 10.6 Å². The van der Waals surface area contributed by atoms with Crippen LogP contribution in [0.3, 0.4) is 0 Å². The summed E-state index contributed by atoms with van der Waals surface area (Å²) in [5, 5.41) is 6.39. The van der Waals surface area contributed by atoms with E-state index in [1.54, 1.807) is 7.11 Å². The summed E-state index contributed by atoms with van der Waals surface area (Å²) >= 11 is 0. The summed E-state index contributed by atoms with van der Waals surface area (Å²) in [4.78, 5) is 13.5. The molecular formula is C12H25N3O2. The Hall–Kier alpha value is -0.650. The second-order valence-corrected chi connectivity index (χ2v) is 5.23. The van der Waals surface area contributed by atoms with Crippen molar-refractivity contribution in [1.29, 1.82) is 0 Å². The largest absolute Gasteiger partial charge is 0.384 e. The van der Waals surface area contributed by atoms with Crippen LogP contribution >= 0.6 is 0 Å². The lowest BCUT2D eigenvalue weighted by molar-refractivity contribution is -0.122. The molecule has 1 unspecified atom stereocenters. The van der Waals surface area contributed by atoms with Crippen LogP contribution in [0.5, 0.6) is 0 Å². The molecule has 17 heavy (non-hydrogen) atoms. The average molecular weight is 243 g/mol. The van der Waals surface area contributed by atoms with Gasteiger partial charge in [0.15, 0.2) is 0 Å². The SMILES string of the molecule is COCC1(CNC(=O)CN(C)C)CCCNC1. The van der Waals surface area contributed by atoms with Crippen molar-refractivity contribution in [2.75, 3.05) is 54.0 Å². The van der Waals surface area contributed by atoms with Crippen molar-refractivity contribution in [3.63, 3.8) is 0 Å². The Labute approximate surface area is 104 Å². The fourth-order valence-electron chi connectivity index (χ4n) is 2.29. The number of carbonyl (C=O) groups is 1. The quantitative estimate of drug-likeness (QED) is 0.671. The first kappa shape index (κ1) is 14.4. The van der Waals surface area contributed by atoms with Crippen LogP contribution in [-0.2, 0) is 9.53 Å². The number of piperidine rings is 1. The van der Waals surface area contributed by atoms with E-state index in [9.17, 15) is 4.79 Å². The van der Waals surface area contributed by atoms with Crippen LogP contribution in [0.2, 0.25) is 0 Å². The van der Waals surface area contributed by atoms with Crippen molar-refractivity contribution in [1.82, 2.24) is 15.5 Å². The highest BCUT2D eigenvalue weighted by Crippen LogP contribution is 2.25. The zero-order valence-electron chi connectivity index (χ0n) is 11.2. The van der Waals surface area contributed by atoms with Gasteiger partial charge in [-0.25, -0.2) is 0 Å². The summed E-state index contributed by atoms with van der Waals surface area (Å²) < 4.78 is 5.30. The van der Waals surface area contributed by atoms with Gasteiger partial charge >= 0.3 is 0 Å². The van der Waals surface area contributed by atoms with Crippen molar-refractivity contribution in [3.05, 3.63) is 0 Å². The smallest absolute Gasteiger partial charge is 0.234 e. The number of methoxy groups -OCH3 is 1. The molecule has 1 aliphatic rings. The van der Waals surface area contributed by atoms with Gasteiger partial charge < -0.3 is 20.3 Å². The monoisotopic (exact) mass is 243 g/mol. The highest BCUT2D eigenvalue weighted by Gasteiger charge is 2.32. The Kier molecular flexibility index (Phi) is 5.88. The van der Waals surface area contributed by atoms with Gasteiger partial charge in [-0.3, -0.25) is 4.79 Å². The van der Waals surface area contributed by atoms with E-state index in [1.807, 2.05) is 19.0 Å². The van der Waals surface area contributed by atoms with E-state index in [1.165, 1.54) is 0 Å². The number of carbonyl (C=O) groups excluding carboxylic acids is 1. The minimum Gasteiger partial charge on any atom is -0.384 e.